The molecule has 0 aromatic heterocycles. The van der Waals surface area contributed by atoms with Crippen LogP contribution < -0.4 is 0 Å². The van der Waals surface area contributed by atoms with Crippen LogP contribution in [0.1, 0.15) is 37.7 Å². The molecule has 2 atom stereocenters. The van der Waals surface area contributed by atoms with E-state index in [0.717, 1.165) is 5.92 Å². The molecule has 0 saturated heterocycles. The third-order valence-electron chi connectivity index (χ3n) is 4.01. The first kappa shape index (κ1) is 7.61. The van der Waals surface area contributed by atoms with Crippen LogP contribution in [0.25, 0.3) is 0 Å². The highest BCUT2D eigenvalue weighted by molar-refractivity contribution is 5.34. The van der Waals surface area contributed by atoms with Crippen LogP contribution in [0.15, 0.2) is 30.3 Å². The Morgan fingerprint density at radius 3 is 2.69 bits per heavy atom. The Bertz CT molecular complexity index is 301. The Hall–Kier alpha value is -0.780. The summed E-state index contributed by atoms with van der Waals surface area (Å²) in [5.41, 5.74) is 2.25. The molecule has 2 aliphatic rings. The van der Waals surface area contributed by atoms with Crippen LogP contribution in [0.4, 0.5) is 0 Å². The molecule has 2 saturated carbocycles. The van der Waals surface area contributed by atoms with E-state index in [9.17, 15) is 0 Å². The van der Waals surface area contributed by atoms with Gasteiger partial charge in [0.25, 0.3) is 0 Å². The summed E-state index contributed by atoms with van der Waals surface area (Å²) in [5.74, 6) is 1.03. The summed E-state index contributed by atoms with van der Waals surface area (Å²) in [6, 6.07) is 11.2. The molecule has 0 bridgehead atoms. The molecule has 0 nitrogen and oxygen atoms in total. The quantitative estimate of drug-likeness (QED) is 0.608. The van der Waals surface area contributed by atoms with E-state index in [-0.39, 0.29) is 0 Å². The van der Waals surface area contributed by atoms with E-state index in [1.165, 1.54) is 32.1 Å². The summed E-state index contributed by atoms with van der Waals surface area (Å²) in [4.78, 5) is 0. The van der Waals surface area contributed by atoms with Gasteiger partial charge in [-0.1, -0.05) is 43.2 Å². The Labute approximate surface area is 80.0 Å². The van der Waals surface area contributed by atoms with E-state index in [1.54, 1.807) is 5.56 Å². The van der Waals surface area contributed by atoms with Crippen molar-refractivity contribution in [2.75, 3.05) is 0 Å². The summed E-state index contributed by atoms with van der Waals surface area (Å²) < 4.78 is 0. The molecule has 0 spiro atoms. The van der Waals surface area contributed by atoms with Gasteiger partial charge in [-0.3, -0.25) is 0 Å². The number of fused-ring (bicyclic) bond motifs is 1. The fraction of sp³-hybridized carbons (Fsp3) is 0.538. The predicted octanol–water partition coefficient (Wildman–Crippen LogP) is 3.52. The SMILES string of the molecule is c1ccc([C@]23CCCC[C@H]2C3)cc1. The number of hydrogen-bond acceptors (Lipinski definition) is 0. The smallest absolute Gasteiger partial charge is 0.00155 e. The first-order valence-electron chi connectivity index (χ1n) is 5.47. The van der Waals surface area contributed by atoms with E-state index in [1.807, 2.05) is 0 Å². The van der Waals surface area contributed by atoms with Gasteiger partial charge in [-0.2, -0.15) is 0 Å². The number of hydrogen-bond donors (Lipinski definition) is 0. The standard InChI is InChI=1S/C13H16/c1-2-6-11(7-3-1)13-9-5-4-8-12(13)10-13/h1-3,6-7,12H,4-5,8-10H2/t12-,13+/m0/s1. The zero-order valence-electron chi connectivity index (χ0n) is 8.00. The molecule has 1 aromatic carbocycles. The average Bonchev–Trinajstić information content (AvgIpc) is 2.94. The number of rotatable bonds is 1. The van der Waals surface area contributed by atoms with Crippen molar-refractivity contribution in [1.82, 2.24) is 0 Å². The zero-order chi connectivity index (χ0) is 8.73. The van der Waals surface area contributed by atoms with Gasteiger partial charge in [-0.15, -0.1) is 0 Å². The molecule has 0 radical (unpaired) electrons. The molecule has 3 rings (SSSR count). The fourth-order valence-corrected chi connectivity index (χ4v) is 3.16. The van der Waals surface area contributed by atoms with E-state index in [2.05, 4.69) is 30.3 Å². The van der Waals surface area contributed by atoms with Crippen molar-refractivity contribution in [3.8, 4) is 0 Å². The van der Waals surface area contributed by atoms with E-state index in [4.69, 9.17) is 0 Å². The molecule has 2 aliphatic carbocycles. The van der Waals surface area contributed by atoms with Gasteiger partial charge in [-0.05, 0) is 36.2 Å². The molecule has 13 heavy (non-hydrogen) atoms. The molecule has 0 N–H and O–H groups in total. The van der Waals surface area contributed by atoms with Crippen LogP contribution in [0.2, 0.25) is 0 Å². The Morgan fingerprint density at radius 2 is 1.92 bits per heavy atom. The summed E-state index contributed by atoms with van der Waals surface area (Å²) in [6.45, 7) is 0. The second kappa shape index (κ2) is 2.60. The third kappa shape index (κ3) is 1.04. The third-order valence-corrected chi connectivity index (χ3v) is 4.01. The van der Waals surface area contributed by atoms with Crippen molar-refractivity contribution in [2.45, 2.75) is 37.5 Å². The summed E-state index contributed by atoms with van der Waals surface area (Å²) in [5, 5.41) is 0. The van der Waals surface area contributed by atoms with Gasteiger partial charge < -0.3 is 0 Å². The molecule has 68 valence electrons. The van der Waals surface area contributed by atoms with Gasteiger partial charge in [0.1, 0.15) is 0 Å². The summed E-state index contributed by atoms with van der Waals surface area (Å²) in [7, 11) is 0. The second-order valence-electron chi connectivity index (χ2n) is 4.67. The van der Waals surface area contributed by atoms with Crippen LogP contribution >= 0.6 is 0 Å². The molecule has 0 heteroatoms. The van der Waals surface area contributed by atoms with Gasteiger partial charge >= 0.3 is 0 Å². The van der Waals surface area contributed by atoms with Crippen molar-refractivity contribution in [3.05, 3.63) is 35.9 Å². The zero-order valence-corrected chi connectivity index (χ0v) is 8.00. The van der Waals surface area contributed by atoms with Crippen molar-refractivity contribution < 1.29 is 0 Å². The molecule has 0 aliphatic heterocycles. The molecular weight excluding hydrogens is 156 g/mol. The highest BCUT2D eigenvalue weighted by atomic mass is 14.6. The average molecular weight is 172 g/mol. The lowest BCUT2D eigenvalue weighted by atomic mass is 9.83. The van der Waals surface area contributed by atoms with Crippen molar-refractivity contribution in [1.29, 1.82) is 0 Å². The van der Waals surface area contributed by atoms with Crippen molar-refractivity contribution >= 4 is 0 Å². The highest BCUT2D eigenvalue weighted by Crippen LogP contribution is 2.62. The Balaban J connectivity index is 1.94. The minimum absolute atomic E-state index is 0.638. The second-order valence-corrected chi connectivity index (χ2v) is 4.67. The lowest BCUT2D eigenvalue weighted by Crippen LogP contribution is -2.13. The van der Waals surface area contributed by atoms with Crippen LogP contribution in [-0.4, -0.2) is 0 Å². The van der Waals surface area contributed by atoms with E-state index < -0.39 is 0 Å². The maximum atomic E-state index is 2.32. The van der Waals surface area contributed by atoms with Crippen molar-refractivity contribution in [2.24, 2.45) is 5.92 Å². The van der Waals surface area contributed by atoms with Gasteiger partial charge in [-0.25, -0.2) is 0 Å². The van der Waals surface area contributed by atoms with Gasteiger partial charge in [0, 0.05) is 0 Å². The fourth-order valence-electron chi connectivity index (χ4n) is 3.16. The molecule has 2 fully saturated rings. The minimum Gasteiger partial charge on any atom is -0.0622 e. The molecule has 0 unspecified atom stereocenters. The first-order valence-corrected chi connectivity index (χ1v) is 5.47. The van der Waals surface area contributed by atoms with Crippen LogP contribution in [0, 0.1) is 5.92 Å². The highest BCUT2D eigenvalue weighted by Gasteiger charge is 2.55. The monoisotopic (exact) mass is 172 g/mol. The lowest BCUT2D eigenvalue weighted by molar-refractivity contribution is 0.428. The topological polar surface area (TPSA) is 0 Å². The molecule has 0 heterocycles. The number of benzene rings is 1. The molecular formula is C13H16. The van der Waals surface area contributed by atoms with Gasteiger partial charge in [0.05, 0.1) is 0 Å². The normalized spacial score (nSPS) is 36.8. The van der Waals surface area contributed by atoms with Crippen LogP contribution in [-0.2, 0) is 5.41 Å². The molecule has 1 aromatic rings. The maximum absolute atomic E-state index is 2.32. The summed E-state index contributed by atoms with van der Waals surface area (Å²) >= 11 is 0. The Kier molecular flexibility index (Phi) is 1.52. The summed E-state index contributed by atoms with van der Waals surface area (Å²) in [6.07, 6.45) is 7.32. The van der Waals surface area contributed by atoms with Crippen LogP contribution in [0.3, 0.4) is 0 Å². The largest absolute Gasteiger partial charge is 0.0622 e. The Morgan fingerprint density at radius 1 is 1.08 bits per heavy atom. The lowest BCUT2D eigenvalue weighted by Gasteiger charge is -2.22. The maximum Gasteiger partial charge on any atom is -0.00155 e. The minimum atomic E-state index is 0.638. The predicted molar refractivity (Wildman–Crippen MR) is 54.7 cm³/mol. The molecule has 0 amide bonds. The van der Waals surface area contributed by atoms with E-state index >= 15 is 0 Å². The van der Waals surface area contributed by atoms with Gasteiger partial charge in [0.2, 0.25) is 0 Å². The van der Waals surface area contributed by atoms with Crippen molar-refractivity contribution in [3.63, 3.8) is 0 Å². The first-order chi connectivity index (χ1) is 6.42. The van der Waals surface area contributed by atoms with Crippen LogP contribution in [0.5, 0.6) is 0 Å². The van der Waals surface area contributed by atoms with E-state index in [0.29, 0.717) is 5.41 Å². The van der Waals surface area contributed by atoms with Gasteiger partial charge in [0.15, 0.2) is 0 Å².